The molecule has 54 valence electrons. The molecule has 2 heteroatoms. The van der Waals surface area contributed by atoms with Crippen molar-refractivity contribution in [2.45, 2.75) is 33.6 Å². The normalized spacial score (nSPS) is 11.9. The summed E-state index contributed by atoms with van der Waals surface area (Å²) >= 11 is 0. The molecule has 9 heavy (non-hydrogen) atoms. The molecule has 0 fully saturated rings. The van der Waals surface area contributed by atoms with Crippen molar-refractivity contribution >= 4 is 7.98 Å². The maximum absolute atomic E-state index is 3.14. The molecule has 1 N–H and O–H groups in total. The third kappa shape index (κ3) is 8.02. The average Bonchev–Trinajstić information content (AvgIpc) is 1.63. The SMILES string of the molecule is BNCCCC(C)(C)C. The Kier molecular flexibility index (Phi) is 3.95. The number of nitrogens with one attached hydrogen (secondary N) is 1. The van der Waals surface area contributed by atoms with Gasteiger partial charge in [0.1, 0.15) is 0 Å². The first-order valence-corrected chi connectivity index (χ1v) is 3.71. The summed E-state index contributed by atoms with van der Waals surface area (Å²) in [6, 6.07) is 0. The van der Waals surface area contributed by atoms with E-state index in [4.69, 9.17) is 0 Å². The molecule has 0 atom stereocenters. The van der Waals surface area contributed by atoms with Gasteiger partial charge in [-0.2, -0.15) is 0 Å². The van der Waals surface area contributed by atoms with Crippen LogP contribution >= 0.6 is 0 Å². The van der Waals surface area contributed by atoms with E-state index in [9.17, 15) is 0 Å². The quantitative estimate of drug-likeness (QED) is 0.439. The van der Waals surface area contributed by atoms with Crippen molar-refractivity contribution in [2.24, 2.45) is 5.41 Å². The van der Waals surface area contributed by atoms with Crippen LogP contribution in [0.4, 0.5) is 0 Å². The van der Waals surface area contributed by atoms with E-state index in [0.29, 0.717) is 5.41 Å². The van der Waals surface area contributed by atoms with Crippen LogP contribution in [0.5, 0.6) is 0 Å². The maximum atomic E-state index is 3.14. The predicted molar refractivity (Wildman–Crippen MR) is 45.2 cm³/mol. The molecule has 0 rings (SSSR count). The van der Waals surface area contributed by atoms with Crippen LogP contribution < -0.4 is 5.23 Å². The molecule has 0 aromatic rings. The lowest BCUT2D eigenvalue weighted by Gasteiger charge is -2.17. The zero-order chi connectivity index (χ0) is 7.33. The van der Waals surface area contributed by atoms with Crippen LogP contribution in [0.25, 0.3) is 0 Å². The molecule has 0 amide bonds. The second-order valence-corrected chi connectivity index (χ2v) is 3.77. The van der Waals surface area contributed by atoms with Crippen molar-refractivity contribution in [3.63, 3.8) is 0 Å². The summed E-state index contributed by atoms with van der Waals surface area (Å²) in [5, 5.41) is 3.14. The molecule has 0 aliphatic heterocycles. The summed E-state index contributed by atoms with van der Waals surface area (Å²) in [5.41, 5.74) is 0.511. The Balaban J connectivity index is 3.07. The molecule has 1 nitrogen and oxygen atoms in total. The monoisotopic (exact) mass is 127 g/mol. The maximum Gasteiger partial charge on any atom is 0.181 e. The minimum absolute atomic E-state index is 0.511. The molecule has 0 aromatic carbocycles. The van der Waals surface area contributed by atoms with Gasteiger partial charge in [0.15, 0.2) is 7.98 Å². The van der Waals surface area contributed by atoms with Gasteiger partial charge in [-0.1, -0.05) is 20.8 Å². The Morgan fingerprint density at radius 1 is 1.33 bits per heavy atom. The van der Waals surface area contributed by atoms with E-state index in [1.54, 1.807) is 0 Å². The van der Waals surface area contributed by atoms with Gasteiger partial charge in [0.05, 0.1) is 0 Å². The fraction of sp³-hybridized carbons (Fsp3) is 1.00. The molecule has 0 heterocycles. The Hall–Kier alpha value is 0.0249. The van der Waals surface area contributed by atoms with E-state index in [1.807, 2.05) is 7.98 Å². The van der Waals surface area contributed by atoms with Crippen molar-refractivity contribution in [1.82, 2.24) is 5.23 Å². The van der Waals surface area contributed by atoms with Gasteiger partial charge in [-0.25, -0.2) is 0 Å². The molecule has 0 radical (unpaired) electrons. The first-order chi connectivity index (χ1) is 4.06. The molecule has 0 spiro atoms. The van der Waals surface area contributed by atoms with Crippen LogP contribution in [0.2, 0.25) is 0 Å². The largest absolute Gasteiger partial charge is 0.362 e. The van der Waals surface area contributed by atoms with Crippen LogP contribution in [-0.2, 0) is 0 Å². The third-order valence-electron chi connectivity index (χ3n) is 1.35. The highest BCUT2D eigenvalue weighted by atomic mass is 14.7. The average molecular weight is 127 g/mol. The summed E-state index contributed by atoms with van der Waals surface area (Å²) in [6.07, 6.45) is 2.60. The van der Waals surface area contributed by atoms with Crippen LogP contribution in [0.3, 0.4) is 0 Å². The van der Waals surface area contributed by atoms with E-state index >= 15 is 0 Å². The second-order valence-electron chi connectivity index (χ2n) is 3.77. The molecule has 0 aromatic heterocycles. The molecule has 0 aliphatic carbocycles. The van der Waals surface area contributed by atoms with Crippen molar-refractivity contribution < 1.29 is 0 Å². The van der Waals surface area contributed by atoms with Crippen molar-refractivity contribution in [3.8, 4) is 0 Å². The first kappa shape index (κ1) is 9.02. The Labute approximate surface area is 59.7 Å². The Morgan fingerprint density at radius 3 is 2.22 bits per heavy atom. The van der Waals surface area contributed by atoms with Gasteiger partial charge in [0.2, 0.25) is 0 Å². The zero-order valence-corrected chi connectivity index (χ0v) is 7.12. The third-order valence-corrected chi connectivity index (χ3v) is 1.35. The summed E-state index contributed by atoms with van der Waals surface area (Å²) < 4.78 is 0. The smallest absolute Gasteiger partial charge is 0.181 e. The van der Waals surface area contributed by atoms with E-state index in [-0.39, 0.29) is 0 Å². The number of hydrogen-bond acceptors (Lipinski definition) is 1. The molecule has 0 saturated heterocycles. The lowest BCUT2D eigenvalue weighted by Crippen LogP contribution is -2.13. The standard InChI is InChI=1S/C7H18BN/c1-7(2,3)5-4-6-9-8/h9H,4-6,8H2,1-3H3. The van der Waals surface area contributed by atoms with Gasteiger partial charge in [0, 0.05) is 0 Å². The van der Waals surface area contributed by atoms with Gasteiger partial charge in [0.25, 0.3) is 0 Å². The fourth-order valence-electron chi connectivity index (χ4n) is 0.795. The summed E-state index contributed by atoms with van der Waals surface area (Å²) in [7, 11) is 2.00. The molecule has 0 bridgehead atoms. The van der Waals surface area contributed by atoms with Gasteiger partial charge in [-0.05, 0) is 24.8 Å². The van der Waals surface area contributed by atoms with E-state index in [1.165, 1.54) is 12.8 Å². The van der Waals surface area contributed by atoms with Gasteiger partial charge < -0.3 is 5.23 Å². The van der Waals surface area contributed by atoms with Crippen LogP contribution in [0.15, 0.2) is 0 Å². The first-order valence-electron chi connectivity index (χ1n) is 3.71. The van der Waals surface area contributed by atoms with Gasteiger partial charge in [-0.3, -0.25) is 0 Å². The molecular weight excluding hydrogens is 109 g/mol. The van der Waals surface area contributed by atoms with E-state index in [2.05, 4.69) is 26.0 Å². The lowest BCUT2D eigenvalue weighted by atomic mass is 9.90. The Bertz CT molecular complexity index is 65.8. The topological polar surface area (TPSA) is 12.0 Å². The zero-order valence-electron chi connectivity index (χ0n) is 7.12. The highest BCUT2D eigenvalue weighted by molar-refractivity contribution is 6.04. The number of hydrogen-bond donors (Lipinski definition) is 1. The fourth-order valence-corrected chi connectivity index (χ4v) is 0.795. The van der Waals surface area contributed by atoms with E-state index in [0.717, 1.165) is 6.54 Å². The Morgan fingerprint density at radius 2 is 1.89 bits per heavy atom. The lowest BCUT2D eigenvalue weighted by molar-refractivity contribution is 0.366. The van der Waals surface area contributed by atoms with Crippen LogP contribution in [0.1, 0.15) is 33.6 Å². The minimum atomic E-state index is 0.511. The van der Waals surface area contributed by atoms with Gasteiger partial charge >= 0.3 is 0 Å². The van der Waals surface area contributed by atoms with E-state index < -0.39 is 0 Å². The molecular formula is C7H18BN. The summed E-state index contributed by atoms with van der Waals surface area (Å²) in [6.45, 7) is 7.99. The highest BCUT2D eigenvalue weighted by Gasteiger charge is 2.07. The summed E-state index contributed by atoms with van der Waals surface area (Å²) in [5.74, 6) is 0. The van der Waals surface area contributed by atoms with Crippen molar-refractivity contribution in [1.29, 1.82) is 0 Å². The molecule has 0 saturated carbocycles. The van der Waals surface area contributed by atoms with Crippen molar-refractivity contribution in [2.75, 3.05) is 6.54 Å². The highest BCUT2D eigenvalue weighted by Crippen LogP contribution is 2.19. The van der Waals surface area contributed by atoms with Gasteiger partial charge in [-0.15, -0.1) is 0 Å². The summed E-state index contributed by atoms with van der Waals surface area (Å²) in [4.78, 5) is 0. The minimum Gasteiger partial charge on any atom is -0.362 e. The van der Waals surface area contributed by atoms with Crippen molar-refractivity contribution in [3.05, 3.63) is 0 Å². The molecule has 0 aliphatic rings. The number of rotatable bonds is 3. The second kappa shape index (κ2) is 3.94. The van der Waals surface area contributed by atoms with Crippen LogP contribution in [0, 0.1) is 5.41 Å². The molecule has 0 unspecified atom stereocenters. The predicted octanol–water partition coefficient (Wildman–Crippen LogP) is 0.950. The van der Waals surface area contributed by atoms with Crippen LogP contribution in [-0.4, -0.2) is 14.5 Å².